The third-order valence-electron chi connectivity index (χ3n) is 3.00. The van der Waals surface area contributed by atoms with E-state index >= 15 is 0 Å². The van der Waals surface area contributed by atoms with Crippen LogP contribution in [0.5, 0.6) is 0 Å². The third-order valence-corrected chi connectivity index (χ3v) is 3.00. The summed E-state index contributed by atoms with van der Waals surface area (Å²) in [4.78, 5) is 27.8. The minimum atomic E-state index is -0.581. The fourth-order valence-corrected chi connectivity index (χ4v) is 2.01. The Labute approximate surface area is 139 Å². The molecule has 2 heterocycles. The first-order valence-corrected chi connectivity index (χ1v) is 7.28. The number of methoxy groups -OCH3 is 1. The van der Waals surface area contributed by atoms with Crippen LogP contribution in [0.15, 0.2) is 24.5 Å². The van der Waals surface area contributed by atoms with Crippen molar-refractivity contribution in [2.45, 2.75) is 26.4 Å². The summed E-state index contributed by atoms with van der Waals surface area (Å²) in [5, 5.41) is 6.65. The standard InChI is InChI=1S/C16H20N4O4/c1-16(2,3)24-15(22)19-10-6-7-12(17-8-10)11-9-18-20(4)13(11)14(21)23-5/h6-9H,1-5H3,(H,19,22). The van der Waals surface area contributed by atoms with Gasteiger partial charge in [-0.25, -0.2) is 9.59 Å². The zero-order chi connectivity index (χ0) is 17.9. The van der Waals surface area contributed by atoms with Crippen LogP contribution in [0.2, 0.25) is 0 Å². The Hall–Kier alpha value is -2.90. The molecule has 2 aromatic heterocycles. The molecule has 8 heteroatoms. The number of nitrogens with one attached hydrogen (secondary N) is 1. The zero-order valence-electron chi connectivity index (χ0n) is 14.3. The second kappa shape index (κ2) is 6.69. The van der Waals surface area contributed by atoms with E-state index in [9.17, 15) is 9.59 Å². The number of hydrogen-bond donors (Lipinski definition) is 1. The molecule has 0 saturated heterocycles. The highest BCUT2D eigenvalue weighted by atomic mass is 16.6. The van der Waals surface area contributed by atoms with Crippen molar-refractivity contribution in [3.63, 3.8) is 0 Å². The van der Waals surface area contributed by atoms with Crippen molar-refractivity contribution < 1.29 is 19.1 Å². The van der Waals surface area contributed by atoms with Gasteiger partial charge < -0.3 is 9.47 Å². The number of anilines is 1. The lowest BCUT2D eigenvalue weighted by molar-refractivity contribution is 0.0587. The Morgan fingerprint density at radius 3 is 2.46 bits per heavy atom. The number of carbonyl (C=O) groups is 2. The van der Waals surface area contributed by atoms with Gasteiger partial charge in [0.25, 0.3) is 0 Å². The Balaban J connectivity index is 2.19. The van der Waals surface area contributed by atoms with Gasteiger partial charge in [0.1, 0.15) is 5.60 Å². The molecule has 0 radical (unpaired) electrons. The number of ether oxygens (including phenoxy) is 2. The maximum absolute atomic E-state index is 11.9. The summed E-state index contributed by atoms with van der Waals surface area (Å²) in [7, 11) is 2.95. The highest BCUT2D eigenvalue weighted by molar-refractivity contribution is 5.95. The smallest absolute Gasteiger partial charge is 0.412 e. The van der Waals surface area contributed by atoms with Gasteiger partial charge in [-0.05, 0) is 32.9 Å². The molecule has 0 atom stereocenters. The molecular weight excluding hydrogens is 312 g/mol. The van der Waals surface area contributed by atoms with Gasteiger partial charge in [0.05, 0.1) is 36.4 Å². The van der Waals surface area contributed by atoms with Gasteiger partial charge in [-0.3, -0.25) is 15.0 Å². The van der Waals surface area contributed by atoms with Gasteiger partial charge in [0, 0.05) is 7.05 Å². The molecule has 128 valence electrons. The minimum Gasteiger partial charge on any atom is -0.464 e. The van der Waals surface area contributed by atoms with E-state index in [1.807, 2.05) is 0 Å². The lowest BCUT2D eigenvalue weighted by Crippen LogP contribution is -2.27. The molecule has 0 spiro atoms. The molecule has 0 unspecified atom stereocenters. The van der Waals surface area contributed by atoms with Gasteiger partial charge in [-0.15, -0.1) is 0 Å². The number of pyridine rings is 1. The summed E-state index contributed by atoms with van der Waals surface area (Å²) in [6, 6.07) is 3.34. The number of esters is 1. The molecule has 1 amide bonds. The fraction of sp³-hybridized carbons (Fsp3) is 0.375. The van der Waals surface area contributed by atoms with Crippen LogP contribution in [0.25, 0.3) is 11.3 Å². The predicted octanol–water partition coefficient (Wildman–Crippen LogP) is 2.62. The Morgan fingerprint density at radius 1 is 1.21 bits per heavy atom. The number of aromatic nitrogens is 3. The van der Waals surface area contributed by atoms with Crippen LogP contribution in [-0.4, -0.2) is 39.5 Å². The molecule has 8 nitrogen and oxygen atoms in total. The van der Waals surface area contributed by atoms with E-state index in [0.717, 1.165) is 0 Å². The molecule has 0 aromatic carbocycles. The van der Waals surface area contributed by atoms with E-state index in [2.05, 4.69) is 15.4 Å². The van der Waals surface area contributed by atoms with Crippen molar-refractivity contribution >= 4 is 17.7 Å². The molecule has 0 aliphatic heterocycles. The SMILES string of the molecule is COC(=O)c1c(-c2ccc(NC(=O)OC(C)(C)C)cn2)cnn1C. The van der Waals surface area contributed by atoms with Crippen molar-refractivity contribution in [2.24, 2.45) is 7.05 Å². The van der Waals surface area contributed by atoms with Crippen molar-refractivity contribution in [1.29, 1.82) is 0 Å². The summed E-state index contributed by atoms with van der Waals surface area (Å²) in [5.41, 5.74) is 1.29. The molecule has 0 fully saturated rings. The van der Waals surface area contributed by atoms with Crippen molar-refractivity contribution in [2.75, 3.05) is 12.4 Å². The molecule has 24 heavy (non-hydrogen) atoms. The second-order valence-corrected chi connectivity index (χ2v) is 6.08. The third kappa shape index (κ3) is 4.09. The number of aryl methyl sites for hydroxylation is 1. The first kappa shape index (κ1) is 17.5. The van der Waals surface area contributed by atoms with Crippen molar-refractivity contribution in [1.82, 2.24) is 14.8 Å². The van der Waals surface area contributed by atoms with Crippen molar-refractivity contribution in [3.05, 3.63) is 30.2 Å². The first-order valence-electron chi connectivity index (χ1n) is 7.28. The average Bonchev–Trinajstić information content (AvgIpc) is 2.87. The molecular formula is C16H20N4O4. The van der Waals surface area contributed by atoms with E-state index in [1.165, 1.54) is 24.2 Å². The monoisotopic (exact) mass is 332 g/mol. The number of carbonyl (C=O) groups excluding carboxylic acids is 2. The van der Waals surface area contributed by atoms with E-state index < -0.39 is 17.7 Å². The number of nitrogens with zero attached hydrogens (tertiary/aromatic N) is 3. The van der Waals surface area contributed by atoms with Gasteiger partial charge in [0.15, 0.2) is 5.69 Å². The molecule has 0 bridgehead atoms. The lowest BCUT2D eigenvalue weighted by Gasteiger charge is -2.19. The van der Waals surface area contributed by atoms with Crippen LogP contribution in [0, 0.1) is 0 Å². The van der Waals surface area contributed by atoms with Crippen LogP contribution >= 0.6 is 0 Å². The maximum atomic E-state index is 11.9. The normalized spacial score (nSPS) is 11.0. The van der Waals surface area contributed by atoms with Gasteiger partial charge >= 0.3 is 12.1 Å². The van der Waals surface area contributed by atoms with Gasteiger partial charge in [-0.1, -0.05) is 0 Å². The van der Waals surface area contributed by atoms with E-state index in [0.29, 0.717) is 22.6 Å². The summed E-state index contributed by atoms with van der Waals surface area (Å²) in [5.74, 6) is -0.497. The van der Waals surface area contributed by atoms with E-state index in [-0.39, 0.29) is 0 Å². The molecule has 0 aliphatic rings. The highest BCUT2D eigenvalue weighted by Gasteiger charge is 2.20. The second-order valence-electron chi connectivity index (χ2n) is 6.08. The highest BCUT2D eigenvalue weighted by Crippen LogP contribution is 2.23. The van der Waals surface area contributed by atoms with Crippen LogP contribution < -0.4 is 5.32 Å². The minimum absolute atomic E-state index is 0.304. The molecule has 0 aliphatic carbocycles. The van der Waals surface area contributed by atoms with Gasteiger partial charge in [0.2, 0.25) is 0 Å². The summed E-state index contributed by atoms with van der Waals surface area (Å²) in [6.07, 6.45) is 2.46. The van der Waals surface area contributed by atoms with Gasteiger partial charge in [-0.2, -0.15) is 5.10 Å². The molecule has 0 saturated carbocycles. The fourth-order valence-electron chi connectivity index (χ4n) is 2.01. The Bertz CT molecular complexity index is 744. The Morgan fingerprint density at radius 2 is 1.92 bits per heavy atom. The molecule has 2 rings (SSSR count). The summed E-state index contributed by atoms with van der Waals surface area (Å²) < 4.78 is 11.4. The summed E-state index contributed by atoms with van der Waals surface area (Å²) in [6.45, 7) is 5.35. The zero-order valence-corrected chi connectivity index (χ0v) is 14.3. The van der Waals surface area contributed by atoms with Crippen molar-refractivity contribution in [3.8, 4) is 11.3 Å². The van der Waals surface area contributed by atoms with Crippen LogP contribution in [0.3, 0.4) is 0 Å². The molecule has 1 N–H and O–H groups in total. The summed E-state index contributed by atoms with van der Waals surface area (Å²) >= 11 is 0. The van der Waals surface area contributed by atoms with Crippen LogP contribution in [0.1, 0.15) is 31.3 Å². The van der Waals surface area contributed by atoms with Crippen LogP contribution in [0.4, 0.5) is 10.5 Å². The van der Waals surface area contributed by atoms with E-state index in [1.54, 1.807) is 40.0 Å². The lowest BCUT2D eigenvalue weighted by atomic mass is 10.1. The number of amides is 1. The Kier molecular flexibility index (Phi) is 4.87. The topological polar surface area (TPSA) is 95.3 Å². The predicted molar refractivity (Wildman–Crippen MR) is 87.6 cm³/mol. The van der Waals surface area contributed by atoms with E-state index in [4.69, 9.17) is 9.47 Å². The largest absolute Gasteiger partial charge is 0.464 e. The molecule has 2 aromatic rings. The quantitative estimate of drug-likeness (QED) is 0.868. The number of hydrogen-bond acceptors (Lipinski definition) is 6. The average molecular weight is 332 g/mol. The maximum Gasteiger partial charge on any atom is 0.412 e. The first-order chi connectivity index (χ1) is 11.2. The number of rotatable bonds is 3. The van der Waals surface area contributed by atoms with Crippen LogP contribution in [-0.2, 0) is 16.5 Å².